The summed E-state index contributed by atoms with van der Waals surface area (Å²) in [4.78, 5) is 12.5. The molecule has 0 fully saturated rings. The lowest BCUT2D eigenvalue weighted by Gasteiger charge is -2.25. The summed E-state index contributed by atoms with van der Waals surface area (Å²) in [6.45, 7) is 1.90. The van der Waals surface area contributed by atoms with Crippen molar-refractivity contribution in [2.45, 2.75) is 19.4 Å². The molecule has 4 heteroatoms. The lowest BCUT2D eigenvalue weighted by Crippen LogP contribution is -2.30. The first-order valence-electron chi connectivity index (χ1n) is 4.71. The van der Waals surface area contributed by atoms with Gasteiger partial charge < -0.3 is 10.0 Å². The van der Waals surface area contributed by atoms with Crippen molar-refractivity contribution < 1.29 is 9.90 Å². The van der Waals surface area contributed by atoms with E-state index < -0.39 is 5.97 Å². The average Bonchev–Trinajstić information content (AvgIpc) is 2.17. The van der Waals surface area contributed by atoms with Crippen LogP contribution in [0.1, 0.15) is 13.3 Å². The molecular weight excluding hydrogens is 258 g/mol. The molecule has 15 heavy (non-hydrogen) atoms. The Bertz CT molecular complexity index is 337. The second kappa shape index (κ2) is 5.16. The van der Waals surface area contributed by atoms with Crippen molar-refractivity contribution in [1.82, 2.24) is 0 Å². The summed E-state index contributed by atoms with van der Waals surface area (Å²) in [5.41, 5.74) is 1.02. The van der Waals surface area contributed by atoms with E-state index >= 15 is 0 Å². The van der Waals surface area contributed by atoms with Crippen LogP contribution in [-0.2, 0) is 4.79 Å². The fourth-order valence-corrected chi connectivity index (χ4v) is 1.58. The number of aliphatic carboxylic acids is 1. The van der Waals surface area contributed by atoms with Crippen LogP contribution in [0.4, 0.5) is 5.69 Å². The molecule has 0 aliphatic rings. The summed E-state index contributed by atoms with van der Waals surface area (Å²) in [6.07, 6.45) is 0.145. The fraction of sp³-hybridized carbons (Fsp3) is 0.364. The standard InChI is InChI=1S/C11H14BrNO2/c1-8(7-11(14)15)13(2)10-5-3-9(12)4-6-10/h3-6,8H,7H2,1-2H3,(H,14,15). The number of nitrogens with zero attached hydrogens (tertiary/aromatic N) is 1. The van der Waals surface area contributed by atoms with Gasteiger partial charge in [-0.1, -0.05) is 15.9 Å². The van der Waals surface area contributed by atoms with Crippen LogP contribution in [0, 0.1) is 0 Å². The first-order valence-corrected chi connectivity index (χ1v) is 5.50. The molecule has 0 aromatic heterocycles. The molecule has 1 N–H and O–H groups in total. The van der Waals surface area contributed by atoms with Crippen LogP contribution < -0.4 is 4.90 Å². The van der Waals surface area contributed by atoms with Crippen LogP contribution in [0.2, 0.25) is 0 Å². The van der Waals surface area contributed by atoms with Crippen LogP contribution in [-0.4, -0.2) is 24.2 Å². The highest BCUT2D eigenvalue weighted by molar-refractivity contribution is 9.10. The Hall–Kier alpha value is -1.03. The first-order chi connectivity index (χ1) is 7.00. The van der Waals surface area contributed by atoms with Gasteiger partial charge in [0.1, 0.15) is 0 Å². The summed E-state index contributed by atoms with van der Waals surface area (Å²) in [5, 5.41) is 8.69. The Labute approximate surface area is 97.8 Å². The Morgan fingerprint density at radius 3 is 2.47 bits per heavy atom. The quantitative estimate of drug-likeness (QED) is 0.916. The average molecular weight is 272 g/mol. The van der Waals surface area contributed by atoms with E-state index in [0.29, 0.717) is 0 Å². The SMILES string of the molecule is CC(CC(=O)O)N(C)c1ccc(Br)cc1. The van der Waals surface area contributed by atoms with Crippen molar-refractivity contribution in [2.75, 3.05) is 11.9 Å². The van der Waals surface area contributed by atoms with Crippen LogP contribution in [0.15, 0.2) is 28.7 Å². The van der Waals surface area contributed by atoms with Gasteiger partial charge in [0.2, 0.25) is 0 Å². The summed E-state index contributed by atoms with van der Waals surface area (Å²) in [7, 11) is 1.90. The molecule has 0 bridgehead atoms. The van der Waals surface area contributed by atoms with Crippen molar-refractivity contribution >= 4 is 27.6 Å². The van der Waals surface area contributed by atoms with E-state index in [1.165, 1.54) is 0 Å². The molecule has 1 rings (SSSR count). The molecule has 1 unspecified atom stereocenters. The molecule has 1 atom stereocenters. The molecule has 1 aromatic carbocycles. The zero-order chi connectivity index (χ0) is 11.4. The highest BCUT2D eigenvalue weighted by Gasteiger charge is 2.13. The van der Waals surface area contributed by atoms with Gasteiger partial charge >= 0.3 is 5.97 Å². The molecule has 1 aromatic rings. The van der Waals surface area contributed by atoms with Gasteiger partial charge in [-0.25, -0.2) is 0 Å². The maximum absolute atomic E-state index is 10.6. The molecule has 3 nitrogen and oxygen atoms in total. The molecule has 0 amide bonds. The van der Waals surface area contributed by atoms with Crippen LogP contribution in [0.3, 0.4) is 0 Å². The maximum Gasteiger partial charge on any atom is 0.305 e. The summed E-state index contributed by atoms with van der Waals surface area (Å²) in [6, 6.07) is 7.80. The third-order valence-electron chi connectivity index (χ3n) is 2.37. The highest BCUT2D eigenvalue weighted by atomic mass is 79.9. The second-order valence-corrected chi connectivity index (χ2v) is 4.45. The molecule has 0 aliphatic heterocycles. The first kappa shape index (κ1) is 12.0. The Kier molecular flexibility index (Phi) is 4.15. The molecule has 0 spiro atoms. The van der Waals surface area contributed by atoms with E-state index in [2.05, 4.69) is 15.9 Å². The minimum absolute atomic E-state index is 0.0105. The molecule has 0 radical (unpaired) electrons. The van der Waals surface area contributed by atoms with Gasteiger partial charge in [-0.15, -0.1) is 0 Å². The zero-order valence-electron chi connectivity index (χ0n) is 8.77. The van der Waals surface area contributed by atoms with E-state index in [1.54, 1.807) is 0 Å². The number of hydrogen-bond acceptors (Lipinski definition) is 2. The van der Waals surface area contributed by atoms with Crippen molar-refractivity contribution in [3.8, 4) is 0 Å². The predicted molar refractivity (Wildman–Crippen MR) is 64.3 cm³/mol. The molecular formula is C11H14BrNO2. The van der Waals surface area contributed by atoms with Crippen molar-refractivity contribution in [1.29, 1.82) is 0 Å². The molecule has 0 heterocycles. The van der Waals surface area contributed by atoms with Gasteiger partial charge in [0.05, 0.1) is 6.42 Å². The number of halogens is 1. The minimum Gasteiger partial charge on any atom is -0.481 e. The predicted octanol–water partition coefficient (Wildman–Crippen LogP) is 2.75. The Morgan fingerprint density at radius 2 is 2.00 bits per heavy atom. The number of benzene rings is 1. The lowest BCUT2D eigenvalue weighted by molar-refractivity contribution is -0.137. The maximum atomic E-state index is 10.6. The number of rotatable bonds is 4. The zero-order valence-corrected chi connectivity index (χ0v) is 10.4. The fourth-order valence-electron chi connectivity index (χ4n) is 1.32. The van der Waals surface area contributed by atoms with Crippen molar-refractivity contribution in [3.63, 3.8) is 0 Å². The summed E-state index contributed by atoms with van der Waals surface area (Å²) < 4.78 is 1.02. The van der Waals surface area contributed by atoms with Crippen molar-refractivity contribution in [3.05, 3.63) is 28.7 Å². The molecule has 0 saturated heterocycles. The topological polar surface area (TPSA) is 40.5 Å². The van der Waals surface area contributed by atoms with Crippen LogP contribution >= 0.6 is 15.9 Å². The summed E-state index contributed by atoms with van der Waals surface area (Å²) >= 11 is 3.36. The van der Waals surface area contributed by atoms with Gasteiger partial charge in [-0.2, -0.15) is 0 Å². The third-order valence-corrected chi connectivity index (χ3v) is 2.89. The van der Waals surface area contributed by atoms with Gasteiger partial charge in [0.15, 0.2) is 0 Å². The number of carboxylic acids is 1. The van der Waals surface area contributed by atoms with Gasteiger partial charge in [-0.3, -0.25) is 4.79 Å². The third kappa shape index (κ3) is 3.55. The van der Waals surface area contributed by atoms with Gasteiger partial charge in [-0.05, 0) is 31.2 Å². The Balaban J connectivity index is 2.71. The second-order valence-electron chi connectivity index (χ2n) is 3.53. The molecule has 82 valence electrons. The highest BCUT2D eigenvalue weighted by Crippen LogP contribution is 2.19. The number of anilines is 1. The number of hydrogen-bond donors (Lipinski definition) is 1. The monoisotopic (exact) mass is 271 g/mol. The Morgan fingerprint density at radius 1 is 1.47 bits per heavy atom. The normalized spacial score (nSPS) is 12.2. The van der Waals surface area contributed by atoms with E-state index in [0.717, 1.165) is 10.2 Å². The van der Waals surface area contributed by atoms with Crippen LogP contribution in [0.5, 0.6) is 0 Å². The number of carbonyl (C=O) groups is 1. The van der Waals surface area contributed by atoms with Crippen LogP contribution in [0.25, 0.3) is 0 Å². The van der Waals surface area contributed by atoms with Gasteiger partial charge in [0.25, 0.3) is 0 Å². The van der Waals surface area contributed by atoms with E-state index in [9.17, 15) is 4.79 Å². The number of carboxylic acid groups (broad SMARTS) is 1. The van der Waals surface area contributed by atoms with E-state index in [4.69, 9.17) is 5.11 Å². The van der Waals surface area contributed by atoms with E-state index in [1.807, 2.05) is 43.1 Å². The largest absolute Gasteiger partial charge is 0.481 e. The van der Waals surface area contributed by atoms with Gasteiger partial charge in [0, 0.05) is 23.2 Å². The lowest BCUT2D eigenvalue weighted by atomic mass is 10.2. The molecule has 0 saturated carbocycles. The van der Waals surface area contributed by atoms with Crippen molar-refractivity contribution in [2.24, 2.45) is 0 Å². The minimum atomic E-state index is -0.772. The van der Waals surface area contributed by atoms with E-state index in [-0.39, 0.29) is 12.5 Å². The summed E-state index contributed by atoms with van der Waals surface area (Å²) in [5.74, 6) is -0.772. The smallest absolute Gasteiger partial charge is 0.305 e. The molecule has 0 aliphatic carbocycles.